The molecule has 1 aliphatic carbocycles. The Morgan fingerprint density at radius 3 is 2.50 bits per heavy atom. The molecular formula is C15H31N3. The van der Waals surface area contributed by atoms with Crippen LogP contribution in [-0.4, -0.2) is 62.2 Å². The second kappa shape index (κ2) is 6.36. The number of likely N-dealkylation sites (tertiary alicyclic amines) is 1. The van der Waals surface area contributed by atoms with Gasteiger partial charge in [-0.25, -0.2) is 0 Å². The summed E-state index contributed by atoms with van der Waals surface area (Å²) in [4.78, 5) is 5.17. The molecule has 1 saturated carbocycles. The van der Waals surface area contributed by atoms with E-state index in [0.717, 1.165) is 23.9 Å². The zero-order valence-electron chi connectivity index (χ0n) is 12.7. The third-order valence-electron chi connectivity index (χ3n) is 4.94. The highest BCUT2D eigenvalue weighted by atomic mass is 15.3. The lowest BCUT2D eigenvalue weighted by Crippen LogP contribution is -2.50. The lowest BCUT2D eigenvalue weighted by atomic mass is 9.78. The highest BCUT2D eigenvalue weighted by Crippen LogP contribution is 2.35. The monoisotopic (exact) mass is 253 g/mol. The van der Waals surface area contributed by atoms with Gasteiger partial charge < -0.3 is 10.2 Å². The molecule has 106 valence electrons. The van der Waals surface area contributed by atoms with Crippen LogP contribution in [0.1, 0.15) is 33.1 Å². The van der Waals surface area contributed by atoms with Crippen LogP contribution >= 0.6 is 0 Å². The standard InChI is InChI=1S/C15H31N3/c1-5-8-16-9-13-6-7-14(13)18-10-12(2)15(11-18)17(3)4/h12-16H,5-11H2,1-4H3. The van der Waals surface area contributed by atoms with E-state index in [4.69, 9.17) is 0 Å². The van der Waals surface area contributed by atoms with E-state index in [2.05, 4.69) is 43.1 Å². The Balaban J connectivity index is 1.78. The summed E-state index contributed by atoms with van der Waals surface area (Å²) < 4.78 is 0. The molecule has 2 aliphatic rings. The molecule has 1 aliphatic heterocycles. The van der Waals surface area contributed by atoms with Gasteiger partial charge in [0.1, 0.15) is 0 Å². The fourth-order valence-electron chi connectivity index (χ4n) is 3.66. The van der Waals surface area contributed by atoms with Gasteiger partial charge in [0.05, 0.1) is 0 Å². The smallest absolute Gasteiger partial charge is 0.0254 e. The van der Waals surface area contributed by atoms with E-state index >= 15 is 0 Å². The first-order chi connectivity index (χ1) is 8.63. The van der Waals surface area contributed by atoms with Crippen molar-refractivity contribution in [3.63, 3.8) is 0 Å². The molecule has 4 atom stereocenters. The normalized spacial score (nSPS) is 37.2. The van der Waals surface area contributed by atoms with Crippen LogP contribution in [-0.2, 0) is 0 Å². The molecule has 1 saturated heterocycles. The maximum absolute atomic E-state index is 3.60. The van der Waals surface area contributed by atoms with Crippen molar-refractivity contribution in [1.82, 2.24) is 15.1 Å². The van der Waals surface area contributed by atoms with Crippen molar-refractivity contribution in [1.29, 1.82) is 0 Å². The van der Waals surface area contributed by atoms with Crippen molar-refractivity contribution in [3.8, 4) is 0 Å². The van der Waals surface area contributed by atoms with Crippen molar-refractivity contribution in [2.45, 2.75) is 45.2 Å². The largest absolute Gasteiger partial charge is 0.316 e. The van der Waals surface area contributed by atoms with Gasteiger partial charge in [0.25, 0.3) is 0 Å². The topological polar surface area (TPSA) is 18.5 Å². The number of nitrogens with one attached hydrogen (secondary N) is 1. The second-order valence-corrected chi connectivity index (χ2v) is 6.57. The summed E-state index contributed by atoms with van der Waals surface area (Å²) in [5.74, 6) is 1.73. The van der Waals surface area contributed by atoms with E-state index in [1.807, 2.05) is 0 Å². The predicted molar refractivity (Wildman–Crippen MR) is 77.9 cm³/mol. The van der Waals surface area contributed by atoms with Gasteiger partial charge in [-0.2, -0.15) is 0 Å². The average Bonchev–Trinajstić information content (AvgIpc) is 2.65. The van der Waals surface area contributed by atoms with E-state index in [1.165, 1.54) is 45.4 Å². The predicted octanol–water partition coefficient (Wildman–Crippen LogP) is 1.65. The first-order valence-corrected chi connectivity index (χ1v) is 7.74. The molecule has 2 fully saturated rings. The summed E-state index contributed by atoms with van der Waals surface area (Å²) in [6.45, 7) is 9.65. The summed E-state index contributed by atoms with van der Waals surface area (Å²) >= 11 is 0. The Morgan fingerprint density at radius 1 is 1.22 bits per heavy atom. The summed E-state index contributed by atoms with van der Waals surface area (Å²) in [7, 11) is 4.46. The molecule has 1 N–H and O–H groups in total. The lowest BCUT2D eigenvalue weighted by molar-refractivity contribution is 0.0758. The molecule has 3 heteroatoms. The summed E-state index contributed by atoms with van der Waals surface area (Å²) in [6, 6.07) is 1.62. The van der Waals surface area contributed by atoms with Crippen LogP contribution in [0.3, 0.4) is 0 Å². The van der Waals surface area contributed by atoms with Gasteiger partial charge in [-0.15, -0.1) is 0 Å². The quantitative estimate of drug-likeness (QED) is 0.726. The van der Waals surface area contributed by atoms with Crippen LogP contribution in [0, 0.1) is 11.8 Å². The minimum absolute atomic E-state index is 0.759. The van der Waals surface area contributed by atoms with E-state index in [9.17, 15) is 0 Å². The molecule has 0 bridgehead atoms. The van der Waals surface area contributed by atoms with Gasteiger partial charge in [-0.1, -0.05) is 13.8 Å². The van der Waals surface area contributed by atoms with Crippen molar-refractivity contribution in [3.05, 3.63) is 0 Å². The molecule has 0 aromatic carbocycles. The number of rotatable bonds is 6. The SMILES string of the molecule is CCCNCC1CCC1N1CC(C)C(N(C)C)C1. The number of nitrogens with zero attached hydrogens (tertiary/aromatic N) is 2. The molecule has 0 aromatic heterocycles. The number of hydrogen-bond acceptors (Lipinski definition) is 3. The van der Waals surface area contributed by atoms with Gasteiger partial charge in [0.2, 0.25) is 0 Å². The van der Waals surface area contributed by atoms with Crippen molar-refractivity contribution >= 4 is 0 Å². The first-order valence-electron chi connectivity index (χ1n) is 7.74. The van der Waals surface area contributed by atoms with Gasteiger partial charge >= 0.3 is 0 Å². The van der Waals surface area contributed by atoms with Gasteiger partial charge in [0, 0.05) is 25.2 Å². The molecule has 0 spiro atoms. The van der Waals surface area contributed by atoms with Crippen molar-refractivity contribution in [2.24, 2.45) is 11.8 Å². The summed E-state index contributed by atoms with van der Waals surface area (Å²) in [5.41, 5.74) is 0. The van der Waals surface area contributed by atoms with Crippen LogP contribution in [0.15, 0.2) is 0 Å². The Kier molecular flexibility index (Phi) is 5.05. The molecule has 3 nitrogen and oxygen atoms in total. The molecule has 0 aromatic rings. The van der Waals surface area contributed by atoms with Crippen molar-refractivity contribution < 1.29 is 0 Å². The van der Waals surface area contributed by atoms with Gasteiger partial charge in [-0.3, -0.25) is 4.90 Å². The van der Waals surface area contributed by atoms with Gasteiger partial charge in [-0.05, 0) is 58.3 Å². The highest BCUT2D eigenvalue weighted by molar-refractivity contribution is 4.96. The van der Waals surface area contributed by atoms with E-state index < -0.39 is 0 Å². The molecule has 0 radical (unpaired) electrons. The molecule has 1 heterocycles. The first kappa shape index (κ1) is 14.3. The zero-order chi connectivity index (χ0) is 13.1. The van der Waals surface area contributed by atoms with E-state index in [-0.39, 0.29) is 0 Å². The van der Waals surface area contributed by atoms with Crippen LogP contribution in [0.5, 0.6) is 0 Å². The molecule has 4 unspecified atom stereocenters. The summed E-state index contributed by atoms with van der Waals surface area (Å²) in [5, 5.41) is 3.60. The lowest BCUT2D eigenvalue weighted by Gasteiger charge is -2.43. The number of likely N-dealkylation sites (N-methyl/N-ethyl adjacent to an activating group) is 1. The molecule has 2 rings (SSSR count). The van der Waals surface area contributed by atoms with Crippen molar-refractivity contribution in [2.75, 3.05) is 40.3 Å². The van der Waals surface area contributed by atoms with E-state index in [0.29, 0.717) is 0 Å². The van der Waals surface area contributed by atoms with Gasteiger partial charge in [0.15, 0.2) is 0 Å². The third-order valence-corrected chi connectivity index (χ3v) is 4.94. The van der Waals surface area contributed by atoms with Crippen LogP contribution in [0.2, 0.25) is 0 Å². The second-order valence-electron chi connectivity index (χ2n) is 6.57. The zero-order valence-corrected chi connectivity index (χ0v) is 12.7. The molecule has 18 heavy (non-hydrogen) atoms. The van der Waals surface area contributed by atoms with Crippen LogP contribution < -0.4 is 5.32 Å². The van der Waals surface area contributed by atoms with Crippen LogP contribution in [0.4, 0.5) is 0 Å². The summed E-state index contributed by atoms with van der Waals surface area (Å²) in [6.07, 6.45) is 4.10. The maximum Gasteiger partial charge on any atom is 0.0254 e. The Morgan fingerprint density at radius 2 is 2.00 bits per heavy atom. The Labute approximate surface area is 113 Å². The maximum atomic E-state index is 3.60. The molecule has 0 amide bonds. The number of hydrogen-bond donors (Lipinski definition) is 1. The average molecular weight is 253 g/mol. The van der Waals surface area contributed by atoms with Crippen LogP contribution in [0.25, 0.3) is 0 Å². The third kappa shape index (κ3) is 3.06. The minimum atomic E-state index is 0.759. The molecular weight excluding hydrogens is 222 g/mol. The minimum Gasteiger partial charge on any atom is -0.316 e. The fraction of sp³-hybridized carbons (Fsp3) is 1.00. The Hall–Kier alpha value is -0.120. The fourth-order valence-corrected chi connectivity index (χ4v) is 3.66. The Bertz CT molecular complexity index is 254. The van der Waals surface area contributed by atoms with E-state index in [1.54, 1.807) is 0 Å². The highest BCUT2D eigenvalue weighted by Gasteiger charge is 2.41.